The second-order valence-electron chi connectivity index (χ2n) is 5.53. The van der Waals surface area contributed by atoms with Crippen molar-refractivity contribution >= 4 is 0 Å². The Morgan fingerprint density at radius 2 is 2.32 bits per heavy atom. The summed E-state index contributed by atoms with van der Waals surface area (Å²) in [5, 5.41) is 8.20. The van der Waals surface area contributed by atoms with Gasteiger partial charge in [-0.25, -0.2) is 0 Å². The predicted molar refractivity (Wildman–Crippen MR) is 69.3 cm³/mol. The molecule has 2 N–H and O–H groups in total. The van der Waals surface area contributed by atoms with E-state index in [0.29, 0.717) is 11.8 Å². The van der Waals surface area contributed by atoms with Crippen LogP contribution in [0.3, 0.4) is 0 Å². The molecule has 0 bridgehead atoms. The average Bonchev–Trinajstić information content (AvgIpc) is 3.07. The van der Waals surface area contributed by atoms with Crippen LogP contribution in [0, 0.1) is 5.92 Å². The van der Waals surface area contributed by atoms with E-state index >= 15 is 0 Å². The van der Waals surface area contributed by atoms with Crippen LogP contribution in [0.15, 0.2) is 16.9 Å². The first kappa shape index (κ1) is 12.3. The highest BCUT2D eigenvalue weighted by Gasteiger charge is 2.28. The Balaban J connectivity index is 1.77. The normalized spacial score (nSPS) is 24.8. The molecular weight excluding hydrogens is 242 g/mol. The van der Waals surface area contributed by atoms with Crippen LogP contribution in [0.25, 0.3) is 0 Å². The van der Waals surface area contributed by atoms with Gasteiger partial charge in [-0.15, -0.1) is 0 Å². The first-order chi connectivity index (χ1) is 9.13. The van der Waals surface area contributed by atoms with Crippen molar-refractivity contribution < 1.29 is 4.52 Å². The molecule has 0 spiro atoms. The molecule has 2 aromatic rings. The molecule has 102 valence electrons. The molecule has 3 rings (SSSR count). The summed E-state index contributed by atoms with van der Waals surface area (Å²) in [5.41, 5.74) is 7.01. The summed E-state index contributed by atoms with van der Waals surface area (Å²) in [5.74, 6) is 2.45. The minimum absolute atomic E-state index is 0.395. The largest absolute Gasteiger partial charge is 0.337 e. The third-order valence-corrected chi connectivity index (χ3v) is 3.87. The molecule has 3 unspecified atom stereocenters. The van der Waals surface area contributed by atoms with E-state index in [9.17, 15) is 0 Å². The number of rotatable bonds is 3. The maximum atomic E-state index is 6.12. The number of hydrogen-bond donors (Lipinski definition) is 1. The maximum absolute atomic E-state index is 6.12. The SMILES string of the molecule is CC1CCC(c2noc(C(N)c3cnn(C)c3)n2)C1. The molecule has 0 aromatic carbocycles. The molecule has 2 aromatic heterocycles. The van der Waals surface area contributed by atoms with Crippen molar-refractivity contribution in [1.82, 2.24) is 19.9 Å². The first-order valence-corrected chi connectivity index (χ1v) is 6.71. The zero-order valence-electron chi connectivity index (χ0n) is 11.3. The standard InChI is InChI=1S/C13H19N5O/c1-8-3-4-9(5-8)12-16-13(19-17-12)11(14)10-6-15-18(2)7-10/h6-9,11H,3-5,14H2,1-2H3. The summed E-state index contributed by atoms with van der Waals surface area (Å²) in [6.45, 7) is 2.27. The summed E-state index contributed by atoms with van der Waals surface area (Å²) in [7, 11) is 1.86. The summed E-state index contributed by atoms with van der Waals surface area (Å²) >= 11 is 0. The first-order valence-electron chi connectivity index (χ1n) is 6.71. The highest BCUT2D eigenvalue weighted by molar-refractivity contribution is 5.17. The number of aromatic nitrogens is 4. The van der Waals surface area contributed by atoms with Crippen LogP contribution in [0.1, 0.15) is 55.4 Å². The molecule has 0 aliphatic heterocycles. The molecule has 1 aliphatic rings. The van der Waals surface area contributed by atoms with Gasteiger partial charge in [0.05, 0.1) is 6.20 Å². The Kier molecular flexibility index (Phi) is 3.10. The van der Waals surface area contributed by atoms with Gasteiger partial charge in [0.1, 0.15) is 6.04 Å². The molecule has 0 radical (unpaired) electrons. The van der Waals surface area contributed by atoms with Crippen LogP contribution in [0.2, 0.25) is 0 Å². The fraction of sp³-hybridized carbons (Fsp3) is 0.615. The summed E-state index contributed by atoms with van der Waals surface area (Å²) < 4.78 is 7.03. The Morgan fingerprint density at radius 1 is 1.47 bits per heavy atom. The van der Waals surface area contributed by atoms with Gasteiger partial charge in [-0.3, -0.25) is 4.68 Å². The minimum Gasteiger partial charge on any atom is -0.337 e. The second kappa shape index (κ2) is 4.77. The fourth-order valence-electron chi connectivity index (χ4n) is 2.72. The van der Waals surface area contributed by atoms with E-state index in [1.807, 2.05) is 13.2 Å². The van der Waals surface area contributed by atoms with E-state index < -0.39 is 6.04 Å². The highest BCUT2D eigenvalue weighted by Crippen LogP contribution is 2.36. The van der Waals surface area contributed by atoms with E-state index in [4.69, 9.17) is 10.3 Å². The molecule has 1 aliphatic carbocycles. The molecule has 19 heavy (non-hydrogen) atoms. The zero-order chi connectivity index (χ0) is 13.4. The van der Waals surface area contributed by atoms with Crippen LogP contribution in [0.5, 0.6) is 0 Å². The van der Waals surface area contributed by atoms with Crippen LogP contribution in [-0.2, 0) is 7.05 Å². The van der Waals surface area contributed by atoms with Gasteiger partial charge in [-0.1, -0.05) is 12.1 Å². The Hall–Kier alpha value is -1.69. The lowest BCUT2D eigenvalue weighted by atomic mass is 10.1. The number of nitrogens with zero attached hydrogens (tertiary/aromatic N) is 4. The summed E-state index contributed by atoms with van der Waals surface area (Å²) in [6.07, 6.45) is 7.12. The van der Waals surface area contributed by atoms with E-state index in [0.717, 1.165) is 30.1 Å². The lowest BCUT2D eigenvalue weighted by molar-refractivity contribution is 0.359. The topological polar surface area (TPSA) is 82.8 Å². The number of hydrogen-bond acceptors (Lipinski definition) is 5. The van der Waals surface area contributed by atoms with Crippen LogP contribution >= 0.6 is 0 Å². The third-order valence-electron chi connectivity index (χ3n) is 3.87. The Morgan fingerprint density at radius 3 is 2.95 bits per heavy atom. The van der Waals surface area contributed by atoms with Gasteiger partial charge in [0.2, 0.25) is 5.89 Å². The average molecular weight is 261 g/mol. The van der Waals surface area contributed by atoms with Crippen LogP contribution < -0.4 is 5.73 Å². The Bertz CT molecular complexity index is 561. The van der Waals surface area contributed by atoms with Crippen molar-refractivity contribution in [3.8, 4) is 0 Å². The van der Waals surface area contributed by atoms with Gasteiger partial charge in [0.25, 0.3) is 0 Å². The zero-order valence-corrected chi connectivity index (χ0v) is 11.3. The summed E-state index contributed by atoms with van der Waals surface area (Å²) in [6, 6.07) is -0.395. The minimum atomic E-state index is -0.395. The van der Waals surface area contributed by atoms with Gasteiger partial charge < -0.3 is 10.3 Å². The predicted octanol–water partition coefficient (Wildman–Crippen LogP) is 1.75. The van der Waals surface area contributed by atoms with Gasteiger partial charge in [-0.2, -0.15) is 10.1 Å². The molecule has 2 heterocycles. The number of aryl methyl sites for hydroxylation is 1. The van der Waals surface area contributed by atoms with Crippen molar-refractivity contribution in [3.05, 3.63) is 29.7 Å². The van der Waals surface area contributed by atoms with E-state index in [-0.39, 0.29) is 0 Å². The lowest BCUT2D eigenvalue weighted by Gasteiger charge is -2.03. The fourth-order valence-corrected chi connectivity index (χ4v) is 2.72. The van der Waals surface area contributed by atoms with Crippen LogP contribution in [0.4, 0.5) is 0 Å². The third kappa shape index (κ3) is 2.40. The lowest BCUT2D eigenvalue weighted by Crippen LogP contribution is -2.11. The van der Waals surface area contributed by atoms with Crippen molar-refractivity contribution in [1.29, 1.82) is 0 Å². The van der Waals surface area contributed by atoms with Crippen molar-refractivity contribution in [2.45, 2.75) is 38.1 Å². The van der Waals surface area contributed by atoms with Crippen molar-refractivity contribution in [2.75, 3.05) is 0 Å². The monoisotopic (exact) mass is 261 g/mol. The molecule has 3 atom stereocenters. The second-order valence-corrected chi connectivity index (χ2v) is 5.53. The van der Waals surface area contributed by atoms with Crippen molar-refractivity contribution in [3.63, 3.8) is 0 Å². The van der Waals surface area contributed by atoms with Gasteiger partial charge >= 0.3 is 0 Å². The molecule has 0 amide bonds. The van der Waals surface area contributed by atoms with Gasteiger partial charge in [0, 0.05) is 24.7 Å². The quantitative estimate of drug-likeness (QED) is 0.910. The molecule has 1 fully saturated rings. The van der Waals surface area contributed by atoms with E-state index in [1.165, 1.54) is 6.42 Å². The molecule has 0 saturated heterocycles. The van der Waals surface area contributed by atoms with Gasteiger partial charge in [-0.05, 0) is 25.2 Å². The van der Waals surface area contributed by atoms with E-state index in [1.54, 1.807) is 10.9 Å². The van der Waals surface area contributed by atoms with Crippen LogP contribution in [-0.4, -0.2) is 19.9 Å². The molecule has 6 heteroatoms. The maximum Gasteiger partial charge on any atom is 0.248 e. The molecule has 6 nitrogen and oxygen atoms in total. The van der Waals surface area contributed by atoms with Crippen molar-refractivity contribution in [2.24, 2.45) is 18.7 Å². The smallest absolute Gasteiger partial charge is 0.248 e. The number of nitrogens with two attached hydrogens (primary N) is 1. The molecule has 1 saturated carbocycles. The Labute approximate surface area is 112 Å². The summed E-state index contributed by atoms with van der Waals surface area (Å²) in [4.78, 5) is 4.47. The van der Waals surface area contributed by atoms with E-state index in [2.05, 4.69) is 22.2 Å². The highest BCUT2D eigenvalue weighted by atomic mass is 16.5. The molecular formula is C13H19N5O. The van der Waals surface area contributed by atoms with Gasteiger partial charge in [0.15, 0.2) is 5.82 Å².